The van der Waals surface area contributed by atoms with E-state index in [1.165, 1.54) is 0 Å². The van der Waals surface area contributed by atoms with Crippen LogP contribution in [0, 0.1) is 0 Å². The van der Waals surface area contributed by atoms with Crippen LogP contribution in [0.5, 0.6) is 0 Å². The Bertz CT molecular complexity index is 258. The summed E-state index contributed by atoms with van der Waals surface area (Å²) in [5.41, 5.74) is 0.862. The Labute approximate surface area is 85.4 Å². The van der Waals surface area contributed by atoms with E-state index in [4.69, 9.17) is 5.11 Å². The zero-order chi connectivity index (χ0) is 10.4. The summed E-state index contributed by atoms with van der Waals surface area (Å²) in [5.74, 6) is 0.992. The van der Waals surface area contributed by atoms with Gasteiger partial charge in [-0.2, -0.15) is 0 Å². The van der Waals surface area contributed by atoms with Gasteiger partial charge in [-0.3, -0.25) is 0 Å². The Hall–Kier alpha value is -1.09. The number of aromatic nitrogens is 1. The first-order valence-corrected chi connectivity index (χ1v) is 5.12. The van der Waals surface area contributed by atoms with Crippen molar-refractivity contribution in [3.05, 3.63) is 23.9 Å². The van der Waals surface area contributed by atoms with Crippen LogP contribution in [-0.4, -0.2) is 23.2 Å². The molecule has 1 rings (SSSR count). The normalized spacial score (nSPS) is 10.2. The minimum absolute atomic E-state index is 0.0627. The molecule has 1 aromatic rings. The fraction of sp³-hybridized carbons (Fsp3) is 0.545. The number of aliphatic hydroxyl groups excluding tert-OH is 1. The monoisotopic (exact) mass is 194 g/mol. The van der Waals surface area contributed by atoms with E-state index in [1.807, 2.05) is 12.1 Å². The fourth-order valence-corrected chi connectivity index (χ4v) is 1.40. The molecule has 1 aromatic heterocycles. The van der Waals surface area contributed by atoms with E-state index in [-0.39, 0.29) is 6.61 Å². The van der Waals surface area contributed by atoms with E-state index in [0.29, 0.717) is 0 Å². The number of anilines is 1. The Morgan fingerprint density at radius 3 is 2.57 bits per heavy atom. The third kappa shape index (κ3) is 2.70. The van der Waals surface area contributed by atoms with Crippen molar-refractivity contribution >= 4 is 5.82 Å². The maximum absolute atomic E-state index is 8.87. The van der Waals surface area contributed by atoms with Gasteiger partial charge in [-0.05, 0) is 25.0 Å². The molecule has 0 radical (unpaired) electrons. The molecule has 1 N–H and O–H groups in total. The zero-order valence-electron chi connectivity index (χ0n) is 8.90. The van der Waals surface area contributed by atoms with Gasteiger partial charge in [0.2, 0.25) is 0 Å². The lowest BCUT2D eigenvalue weighted by Crippen LogP contribution is -2.24. The highest BCUT2D eigenvalue weighted by Crippen LogP contribution is 2.11. The summed E-state index contributed by atoms with van der Waals surface area (Å²) in [6, 6.07) is 3.88. The van der Waals surface area contributed by atoms with Crippen LogP contribution in [0.25, 0.3) is 0 Å². The average Bonchev–Trinajstić information content (AvgIpc) is 2.26. The minimum atomic E-state index is 0.0627. The van der Waals surface area contributed by atoms with Gasteiger partial charge in [-0.1, -0.05) is 13.0 Å². The summed E-state index contributed by atoms with van der Waals surface area (Å²) in [7, 11) is 0. The topological polar surface area (TPSA) is 36.4 Å². The number of pyridine rings is 1. The molecule has 3 heteroatoms. The highest BCUT2D eigenvalue weighted by molar-refractivity contribution is 5.38. The molecular formula is C11H18N2O. The van der Waals surface area contributed by atoms with Crippen molar-refractivity contribution in [1.82, 2.24) is 4.98 Å². The van der Waals surface area contributed by atoms with Crippen molar-refractivity contribution in [2.75, 3.05) is 18.0 Å². The Morgan fingerprint density at radius 1 is 1.36 bits per heavy atom. The molecule has 0 spiro atoms. The first-order valence-electron chi connectivity index (χ1n) is 5.12. The van der Waals surface area contributed by atoms with Gasteiger partial charge in [0.1, 0.15) is 5.82 Å². The van der Waals surface area contributed by atoms with Gasteiger partial charge in [0.15, 0.2) is 0 Å². The molecule has 0 aromatic carbocycles. The first kappa shape index (κ1) is 11.0. The number of hydrogen-bond acceptors (Lipinski definition) is 3. The summed E-state index contributed by atoms with van der Waals surface area (Å²) in [6.45, 7) is 6.34. The third-order valence-electron chi connectivity index (χ3n) is 2.19. The molecule has 0 aliphatic rings. The van der Waals surface area contributed by atoms with Gasteiger partial charge >= 0.3 is 0 Å². The van der Waals surface area contributed by atoms with Crippen molar-refractivity contribution in [3.8, 4) is 0 Å². The van der Waals surface area contributed by atoms with Gasteiger partial charge < -0.3 is 10.0 Å². The van der Waals surface area contributed by atoms with Crippen LogP contribution in [0.4, 0.5) is 5.82 Å². The number of nitrogens with zero attached hydrogens (tertiary/aromatic N) is 2. The SMILES string of the molecule is CCCN(CC)c1ccc(CO)cn1. The van der Waals surface area contributed by atoms with Crippen LogP contribution in [0.3, 0.4) is 0 Å². The number of aliphatic hydroxyl groups is 1. The summed E-state index contributed by atoms with van der Waals surface area (Å²) in [6.07, 6.45) is 2.85. The minimum Gasteiger partial charge on any atom is -0.392 e. The van der Waals surface area contributed by atoms with E-state index < -0.39 is 0 Å². The van der Waals surface area contributed by atoms with E-state index in [9.17, 15) is 0 Å². The fourth-order valence-electron chi connectivity index (χ4n) is 1.40. The molecule has 0 aliphatic carbocycles. The maximum atomic E-state index is 8.87. The third-order valence-corrected chi connectivity index (χ3v) is 2.19. The molecule has 3 nitrogen and oxygen atoms in total. The summed E-state index contributed by atoms with van der Waals surface area (Å²) >= 11 is 0. The lowest BCUT2D eigenvalue weighted by atomic mass is 10.3. The van der Waals surface area contributed by atoms with E-state index in [2.05, 4.69) is 23.7 Å². The molecule has 0 aliphatic heterocycles. The van der Waals surface area contributed by atoms with Crippen molar-refractivity contribution in [1.29, 1.82) is 0 Å². The van der Waals surface area contributed by atoms with Gasteiger partial charge in [0, 0.05) is 19.3 Å². The van der Waals surface area contributed by atoms with E-state index >= 15 is 0 Å². The molecule has 14 heavy (non-hydrogen) atoms. The number of rotatable bonds is 5. The van der Waals surface area contributed by atoms with Gasteiger partial charge in [-0.15, -0.1) is 0 Å². The maximum Gasteiger partial charge on any atom is 0.128 e. The van der Waals surface area contributed by atoms with Crippen LogP contribution in [-0.2, 0) is 6.61 Å². The summed E-state index contributed by atoms with van der Waals surface area (Å²) in [5, 5.41) is 8.87. The van der Waals surface area contributed by atoms with Gasteiger partial charge in [0.05, 0.1) is 6.61 Å². The largest absolute Gasteiger partial charge is 0.392 e. The molecule has 0 atom stereocenters. The molecular weight excluding hydrogens is 176 g/mol. The van der Waals surface area contributed by atoms with E-state index in [0.717, 1.165) is 30.9 Å². The van der Waals surface area contributed by atoms with Gasteiger partial charge in [0.25, 0.3) is 0 Å². The van der Waals surface area contributed by atoms with Crippen LogP contribution in [0.2, 0.25) is 0 Å². The summed E-state index contributed by atoms with van der Waals surface area (Å²) in [4.78, 5) is 6.53. The quantitative estimate of drug-likeness (QED) is 0.776. The first-order chi connectivity index (χ1) is 6.81. The molecule has 0 saturated carbocycles. The smallest absolute Gasteiger partial charge is 0.128 e. The predicted molar refractivity (Wildman–Crippen MR) is 58.3 cm³/mol. The molecule has 0 fully saturated rings. The Kier molecular flexibility index (Phi) is 4.40. The van der Waals surface area contributed by atoms with Crippen LogP contribution >= 0.6 is 0 Å². The molecule has 0 unspecified atom stereocenters. The standard InChI is InChI=1S/C11H18N2O/c1-3-7-13(4-2)11-6-5-10(9-14)8-12-11/h5-6,8,14H,3-4,7,9H2,1-2H3. The predicted octanol–water partition coefficient (Wildman–Crippen LogP) is 1.81. The Morgan fingerprint density at radius 2 is 2.14 bits per heavy atom. The molecule has 1 heterocycles. The van der Waals surface area contributed by atoms with Crippen LogP contribution < -0.4 is 4.90 Å². The lowest BCUT2D eigenvalue weighted by molar-refractivity contribution is 0.281. The van der Waals surface area contributed by atoms with Crippen molar-refractivity contribution in [2.24, 2.45) is 0 Å². The second-order valence-electron chi connectivity index (χ2n) is 3.26. The molecule has 0 bridgehead atoms. The molecule has 0 amide bonds. The van der Waals surface area contributed by atoms with Gasteiger partial charge in [-0.25, -0.2) is 4.98 Å². The lowest BCUT2D eigenvalue weighted by Gasteiger charge is -2.20. The molecule has 0 saturated heterocycles. The highest BCUT2D eigenvalue weighted by atomic mass is 16.3. The number of hydrogen-bond donors (Lipinski definition) is 1. The van der Waals surface area contributed by atoms with Crippen molar-refractivity contribution in [3.63, 3.8) is 0 Å². The summed E-state index contributed by atoms with van der Waals surface area (Å²) < 4.78 is 0. The zero-order valence-corrected chi connectivity index (χ0v) is 8.90. The molecule has 78 valence electrons. The van der Waals surface area contributed by atoms with Crippen LogP contribution in [0.15, 0.2) is 18.3 Å². The second-order valence-corrected chi connectivity index (χ2v) is 3.26. The highest BCUT2D eigenvalue weighted by Gasteiger charge is 2.03. The Balaban J connectivity index is 2.73. The average molecular weight is 194 g/mol. The van der Waals surface area contributed by atoms with E-state index in [1.54, 1.807) is 6.20 Å². The van der Waals surface area contributed by atoms with Crippen molar-refractivity contribution in [2.45, 2.75) is 26.9 Å². The second kappa shape index (κ2) is 5.60. The van der Waals surface area contributed by atoms with Crippen LogP contribution in [0.1, 0.15) is 25.8 Å². The van der Waals surface area contributed by atoms with Crippen molar-refractivity contribution < 1.29 is 5.11 Å².